The standard InChI is InChI=1S/C10H8O4S/c11-8-5-7-3-1-2-4-9(7)10(6-8)15(12,13)14/h1-6,11H,(H,12,13,14). The van der Waals surface area contributed by atoms with Crippen molar-refractivity contribution >= 4 is 20.9 Å². The van der Waals surface area contributed by atoms with Crippen LogP contribution >= 0.6 is 0 Å². The topological polar surface area (TPSA) is 74.6 Å². The van der Waals surface area contributed by atoms with E-state index in [2.05, 4.69) is 0 Å². The summed E-state index contributed by atoms with van der Waals surface area (Å²) in [6, 6.07) is 9.06. The number of rotatable bonds is 1. The number of hydrogen-bond acceptors (Lipinski definition) is 3. The molecular weight excluding hydrogens is 216 g/mol. The lowest BCUT2D eigenvalue weighted by Crippen LogP contribution is -1.98. The van der Waals surface area contributed by atoms with Crippen LogP contribution in [0.5, 0.6) is 5.75 Å². The summed E-state index contributed by atoms with van der Waals surface area (Å²) < 4.78 is 31.1. The first kappa shape index (κ1) is 9.95. The highest BCUT2D eigenvalue weighted by molar-refractivity contribution is 7.86. The minimum Gasteiger partial charge on any atom is -0.508 e. The van der Waals surface area contributed by atoms with Crippen molar-refractivity contribution in [3.63, 3.8) is 0 Å². The van der Waals surface area contributed by atoms with Gasteiger partial charge in [-0.3, -0.25) is 4.55 Å². The molecule has 15 heavy (non-hydrogen) atoms. The molecule has 2 aromatic rings. The van der Waals surface area contributed by atoms with Gasteiger partial charge in [-0.05, 0) is 11.5 Å². The number of phenolic OH excluding ortho intramolecular Hbond substituents is 1. The van der Waals surface area contributed by atoms with Gasteiger partial charge >= 0.3 is 0 Å². The summed E-state index contributed by atoms with van der Waals surface area (Å²) in [6.07, 6.45) is 0. The summed E-state index contributed by atoms with van der Waals surface area (Å²) in [7, 11) is -4.31. The van der Waals surface area contributed by atoms with Gasteiger partial charge in [-0.2, -0.15) is 8.42 Å². The summed E-state index contributed by atoms with van der Waals surface area (Å²) in [4.78, 5) is -0.280. The maximum atomic E-state index is 11.0. The molecule has 0 saturated carbocycles. The Hall–Kier alpha value is -1.59. The fraction of sp³-hybridized carbons (Fsp3) is 0. The van der Waals surface area contributed by atoms with Gasteiger partial charge in [-0.15, -0.1) is 0 Å². The Morgan fingerprint density at radius 3 is 2.40 bits per heavy atom. The second-order valence-corrected chi connectivity index (χ2v) is 4.53. The smallest absolute Gasteiger partial charge is 0.295 e. The zero-order valence-corrected chi connectivity index (χ0v) is 8.40. The molecule has 0 radical (unpaired) electrons. The number of fused-ring (bicyclic) bond motifs is 1. The average molecular weight is 224 g/mol. The minimum atomic E-state index is -4.31. The zero-order valence-electron chi connectivity index (χ0n) is 7.58. The van der Waals surface area contributed by atoms with E-state index < -0.39 is 10.1 Å². The van der Waals surface area contributed by atoms with Crippen LogP contribution in [0.25, 0.3) is 10.8 Å². The maximum Gasteiger partial charge on any atom is 0.295 e. The molecule has 0 heterocycles. The Morgan fingerprint density at radius 2 is 1.73 bits per heavy atom. The summed E-state index contributed by atoms with van der Waals surface area (Å²) in [6.45, 7) is 0. The summed E-state index contributed by atoms with van der Waals surface area (Å²) in [5.74, 6) is -0.193. The third-order valence-corrected chi connectivity index (χ3v) is 2.98. The SMILES string of the molecule is O=S(=O)(O)c1cc(O)cc2ccccc12. The molecule has 78 valence electrons. The van der Waals surface area contributed by atoms with Crippen molar-refractivity contribution < 1.29 is 18.1 Å². The average Bonchev–Trinajstić information content (AvgIpc) is 2.15. The van der Waals surface area contributed by atoms with E-state index in [1.54, 1.807) is 24.3 Å². The second-order valence-electron chi connectivity index (χ2n) is 3.14. The fourth-order valence-corrected chi connectivity index (χ4v) is 2.21. The first-order valence-corrected chi connectivity index (χ1v) is 5.62. The highest BCUT2D eigenvalue weighted by Crippen LogP contribution is 2.27. The molecule has 0 aromatic heterocycles. The molecule has 0 fully saturated rings. The number of phenols is 1. The lowest BCUT2D eigenvalue weighted by atomic mass is 10.1. The number of benzene rings is 2. The van der Waals surface area contributed by atoms with Crippen molar-refractivity contribution in [3.8, 4) is 5.75 Å². The largest absolute Gasteiger partial charge is 0.508 e. The zero-order chi connectivity index (χ0) is 11.1. The lowest BCUT2D eigenvalue weighted by molar-refractivity contribution is 0.468. The van der Waals surface area contributed by atoms with Crippen LogP contribution < -0.4 is 0 Å². The van der Waals surface area contributed by atoms with Gasteiger partial charge in [0.2, 0.25) is 0 Å². The van der Waals surface area contributed by atoms with Gasteiger partial charge in [0.25, 0.3) is 10.1 Å². The fourth-order valence-electron chi connectivity index (χ4n) is 1.47. The number of aromatic hydroxyl groups is 1. The van der Waals surface area contributed by atoms with Gasteiger partial charge in [0.15, 0.2) is 0 Å². The lowest BCUT2D eigenvalue weighted by Gasteiger charge is -2.04. The van der Waals surface area contributed by atoms with Crippen LogP contribution in [0.15, 0.2) is 41.3 Å². The predicted octanol–water partition coefficient (Wildman–Crippen LogP) is 1.79. The molecule has 2 rings (SSSR count). The molecular formula is C10H8O4S. The highest BCUT2D eigenvalue weighted by Gasteiger charge is 2.14. The third kappa shape index (κ3) is 1.79. The van der Waals surface area contributed by atoms with Gasteiger partial charge in [-0.25, -0.2) is 0 Å². The van der Waals surface area contributed by atoms with E-state index in [4.69, 9.17) is 4.55 Å². The van der Waals surface area contributed by atoms with Crippen LogP contribution in [0.2, 0.25) is 0 Å². The summed E-state index contributed by atoms with van der Waals surface area (Å²) in [5, 5.41) is 10.2. The van der Waals surface area contributed by atoms with Crippen LogP contribution in [-0.4, -0.2) is 18.1 Å². The summed E-state index contributed by atoms with van der Waals surface area (Å²) in [5.41, 5.74) is 0. The molecule has 4 nitrogen and oxygen atoms in total. The van der Waals surface area contributed by atoms with Crippen LogP contribution in [-0.2, 0) is 10.1 Å². The van der Waals surface area contributed by atoms with Crippen LogP contribution in [0, 0.1) is 0 Å². The predicted molar refractivity (Wildman–Crippen MR) is 55.4 cm³/mol. The molecule has 2 aromatic carbocycles. The first-order valence-electron chi connectivity index (χ1n) is 4.18. The normalized spacial score (nSPS) is 11.8. The Kier molecular flexibility index (Phi) is 2.13. The van der Waals surface area contributed by atoms with Gasteiger partial charge in [0.05, 0.1) is 0 Å². The van der Waals surface area contributed by atoms with Crippen molar-refractivity contribution in [2.45, 2.75) is 4.90 Å². The third-order valence-electron chi connectivity index (χ3n) is 2.09. The minimum absolute atomic E-state index is 0.193. The van der Waals surface area contributed by atoms with Crippen molar-refractivity contribution in [1.29, 1.82) is 0 Å². The Labute approximate surface area is 86.5 Å². The molecule has 0 aliphatic rings. The van der Waals surface area contributed by atoms with E-state index in [-0.39, 0.29) is 10.6 Å². The van der Waals surface area contributed by atoms with E-state index in [9.17, 15) is 13.5 Å². The summed E-state index contributed by atoms with van der Waals surface area (Å²) >= 11 is 0. The van der Waals surface area contributed by atoms with E-state index in [1.807, 2.05) is 0 Å². The van der Waals surface area contributed by atoms with Crippen molar-refractivity contribution in [2.75, 3.05) is 0 Å². The molecule has 0 bridgehead atoms. The second kappa shape index (κ2) is 3.22. The number of hydrogen-bond donors (Lipinski definition) is 2. The van der Waals surface area contributed by atoms with E-state index in [1.165, 1.54) is 6.07 Å². The molecule has 0 atom stereocenters. The Morgan fingerprint density at radius 1 is 1.07 bits per heavy atom. The Balaban J connectivity index is 2.96. The van der Waals surface area contributed by atoms with Gasteiger partial charge in [0.1, 0.15) is 10.6 Å². The van der Waals surface area contributed by atoms with E-state index >= 15 is 0 Å². The molecule has 0 unspecified atom stereocenters. The van der Waals surface area contributed by atoms with Crippen molar-refractivity contribution in [1.82, 2.24) is 0 Å². The van der Waals surface area contributed by atoms with Gasteiger partial charge < -0.3 is 5.11 Å². The molecule has 0 aliphatic carbocycles. The molecule has 0 aliphatic heterocycles. The maximum absolute atomic E-state index is 11.0. The molecule has 0 spiro atoms. The quantitative estimate of drug-likeness (QED) is 0.724. The van der Waals surface area contributed by atoms with Crippen LogP contribution in [0.1, 0.15) is 0 Å². The molecule has 0 amide bonds. The molecule has 0 saturated heterocycles. The molecule has 5 heteroatoms. The van der Waals surface area contributed by atoms with Crippen LogP contribution in [0.3, 0.4) is 0 Å². The monoisotopic (exact) mass is 224 g/mol. The van der Waals surface area contributed by atoms with Crippen molar-refractivity contribution in [2.24, 2.45) is 0 Å². The van der Waals surface area contributed by atoms with Gasteiger partial charge in [0, 0.05) is 11.5 Å². The highest BCUT2D eigenvalue weighted by atomic mass is 32.2. The van der Waals surface area contributed by atoms with Crippen molar-refractivity contribution in [3.05, 3.63) is 36.4 Å². The Bertz CT molecular complexity index is 616. The molecule has 2 N–H and O–H groups in total. The van der Waals surface area contributed by atoms with E-state index in [0.717, 1.165) is 6.07 Å². The van der Waals surface area contributed by atoms with Gasteiger partial charge in [-0.1, -0.05) is 24.3 Å². The van der Waals surface area contributed by atoms with E-state index in [0.29, 0.717) is 10.8 Å². The first-order chi connectivity index (χ1) is 6.98. The van der Waals surface area contributed by atoms with Crippen LogP contribution in [0.4, 0.5) is 0 Å².